The molecule has 0 amide bonds. The van der Waals surface area contributed by atoms with Gasteiger partial charge >= 0.3 is 5.97 Å². The van der Waals surface area contributed by atoms with Crippen molar-refractivity contribution in [1.29, 1.82) is 0 Å². The molecule has 1 rings (SSSR count). The van der Waals surface area contributed by atoms with Gasteiger partial charge in [-0.05, 0) is 40.3 Å². The molecule has 92 valence electrons. The van der Waals surface area contributed by atoms with E-state index >= 15 is 0 Å². The minimum Gasteiger partial charge on any atom is -0.466 e. The lowest BCUT2D eigenvalue weighted by Crippen LogP contribution is -2.48. The second-order valence-corrected chi connectivity index (χ2v) is 4.72. The average molecular weight is 227 g/mol. The molecule has 1 aliphatic rings. The number of Topliss-reactive ketones (excluding diaryl/α,β-unsaturated/α-hetero) is 1. The van der Waals surface area contributed by atoms with E-state index in [1.165, 1.54) is 6.92 Å². The van der Waals surface area contributed by atoms with Gasteiger partial charge in [-0.15, -0.1) is 0 Å². The maximum atomic E-state index is 12.0. The number of hydrogen-bond donors (Lipinski definition) is 0. The molecular weight excluding hydrogens is 206 g/mol. The van der Waals surface area contributed by atoms with E-state index < -0.39 is 5.41 Å². The van der Waals surface area contributed by atoms with Crippen LogP contribution in [0.15, 0.2) is 0 Å². The first kappa shape index (κ1) is 13.2. The third kappa shape index (κ3) is 3.04. The Balaban J connectivity index is 2.82. The van der Waals surface area contributed by atoms with Gasteiger partial charge in [0.25, 0.3) is 0 Å². The third-order valence-electron chi connectivity index (χ3n) is 3.06. The molecule has 1 atom stereocenters. The number of esters is 1. The standard InChI is InChI=1S/C12H21NO3/c1-4-16-11(15)12(8-10(2)14)6-5-7-13(3)9-12/h4-9H2,1-3H3. The molecule has 4 nitrogen and oxygen atoms in total. The first-order valence-corrected chi connectivity index (χ1v) is 5.85. The molecule has 0 aliphatic carbocycles. The molecule has 1 fully saturated rings. The van der Waals surface area contributed by atoms with Crippen LogP contribution in [0.3, 0.4) is 0 Å². The molecule has 1 saturated heterocycles. The third-order valence-corrected chi connectivity index (χ3v) is 3.06. The number of likely N-dealkylation sites (tertiary alicyclic amines) is 1. The molecule has 0 radical (unpaired) electrons. The number of piperidine rings is 1. The zero-order valence-electron chi connectivity index (χ0n) is 10.4. The van der Waals surface area contributed by atoms with Gasteiger partial charge in [-0.2, -0.15) is 0 Å². The van der Waals surface area contributed by atoms with Crippen LogP contribution in [0.2, 0.25) is 0 Å². The van der Waals surface area contributed by atoms with Crippen molar-refractivity contribution in [2.45, 2.75) is 33.1 Å². The van der Waals surface area contributed by atoms with Crippen molar-refractivity contribution in [3.8, 4) is 0 Å². The van der Waals surface area contributed by atoms with Crippen LogP contribution in [0.25, 0.3) is 0 Å². The molecule has 0 bridgehead atoms. The minimum absolute atomic E-state index is 0.0587. The summed E-state index contributed by atoms with van der Waals surface area (Å²) >= 11 is 0. The topological polar surface area (TPSA) is 46.6 Å². The second kappa shape index (κ2) is 5.43. The molecule has 0 N–H and O–H groups in total. The first-order valence-electron chi connectivity index (χ1n) is 5.85. The molecule has 0 aromatic rings. The Morgan fingerprint density at radius 3 is 2.62 bits per heavy atom. The highest BCUT2D eigenvalue weighted by Crippen LogP contribution is 2.34. The van der Waals surface area contributed by atoms with Gasteiger partial charge < -0.3 is 9.64 Å². The van der Waals surface area contributed by atoms with Crippen LogP contribution in [0, 0.1) is 5.41 Å². The zero-order valence-corrected chi connectivity index (χ0v) is 10.4. The summed E-state index contributed by atoms with van der Waals surface area (Å²) in [6.45, 7) is 5.33. The van der Waals surface area contributed by atoms with Gasteiger partial charge in [-0.25, -0.2) is 0 Å². The Morgan fingerprint density at radius 1 is 1.44 bits per heavy atom. The van der Waals surface area contributed by atoms with Gasteiger partial charge in [0, 0.05) is 13.0 Å². The van der Waals surface area contributed by atoms with Crippen molar-refractivity contribution >= 4 is 11.8 Å². The molecule has 16 heavy (non-hydrogen) atoms. The van der Waals surface area contributed by atoms with Crippen LogP contribution in [-0.4, -0.2) is 43.4 Å². The maximum Gasteiger partial charge on any atom is 0.313 e. The predicted octanol–water partition coefficient (Wildman–Crippen LogP) is 1.24. The first-order chi connectivity index (χ1) is 7.50. The van der Waals surface area contributed by atoms with Gasteiger partial charge in [0.05, 0.1) is 12.0 Å². The fraction of sp³-hybridized carbons (Fsp3) is 0.833. The Kier molecular flexibility index (Phi) is 4.47. The highest BCUT2D eigenvalue weighted by atomic mass is 16.5. The summed E-state index contributed by atoms with van der Waals surface area (Å²) in [4.78, 5) is 25.4. The summed E-state index contributed by atoms with van der Waals surface area (Å²) in [7, 11) is 1.98. The van der Waals surface area contributed by atoms with Crippen molar-refractivity contribution in [2.24, 2.45) is 5.41 Å². The van der Waals surface area contributed by atoms with E-state index in [1.54, 1.807) is 6.92 Å². The van der Waals surface area contributed by atoms with E-state index in [0.29, 0.717) is 19.6 Å². The zero-order chi connectivity index (χ0) is 12.2. The second-order valence-electron chi connectivity index (χ2n) is 4.72. The molecule has 1 aliphatic heterocycles. The van der Waals surface area contributed by atoms with Crippen LogP contribution in [0.1, 0.15) is 33.1 Å². The molecule has 1 unspecified atom stereocenters. The van der Waals surface area contributed by atoms with Crippen molar-refractivity contribution in [3.05, 3.63) is 0 Å². The lowest BCUT2D eigenvalue weighted by molar-refractivity contribution is -0.161. The smallest absolute Gasteiger partial charge is 0.313 e. The van der Waals surface area contributed by atoms with Crippen molar-refractivity contribution in [3.63, 3.8) is 0 Å². The molecule has 1 heterocycles. The monoisotopic (exact) mass is 227 g/mol. The van der Waals surface area contributed by atoms with Crippen LogP contribution in [0.4, 0.5) is 0 Å². The number of nitrogens with zero attached hydrogens (tertiary/aromatic N) is 1. The van der Waals surface area contributed by atoms with Gasteiger partial charge in [0.15, 0.2) is 0 Å². The highest BCUT2D eigenvalue weighted by molar-refractivity contribution is 5.86. The summed E-state index contributed by atoms with van der Waals surface area (Å²) in [5, 5.41) is 0. The van der Waals surface area contributed by atoms with Gasteiger partial charge in [0.2, 0.25) is 0 Å². The van der Waals surface area contributed by atoms with Crippen molar-refractivity contribution < 1.29 is 14.3 Å². The highest BCUT2D eigenvalue weighted by Gasteiger charge is 2.43. The Morgan fingerprint density at radius 2 is 2.12 bits per heavy atom. The SMILES string of the molecule is CCOC(=O)C1(CC(C)=O)CCCN(C)C1. The number of rotatable bonds is 4. The summed E-state index contributed by atoms with van der Waals surface area (Å²) in [5.41, 5.74) is -0.602. The van der Waals surface area contributed by atoms with Crippen molar-refractivity contribution in [2.75, 3.05) is 26.7 Å². The number of carbonyl (C=O) groups excluding carboxylic acids is 2. The number of hydrogen-bond acceptors (Lipinski definition) is 4. The fourth-order valence-electron chi connectivity index (χ4n) is 2.51. The molecule has 0 aromatic carbocycles. The average Bonchev–Trinajstić information content (AvgIpc) is 2.16. The molecule has 0 saturated carbocycles. The van der Waals surface area contributed by atoms with Gasteiger partial charge in [-0.1, -0.05) is 0 Å². The lowest BCUT2D eigenvalue weighted by Gasteiger charge is -2.38. The summed E-state index contributed by atoms with van der Waals surface area (Å²) < 4.78 is 5.12. The van der Waals surface area contributed by atoms with E-state index in [4.69, 9.17) is 4.74 Å². The Labute approximate surface area is 96.9 Å². The maximum absolute atomic E-state index is 12.0. The Bertz CT molecular complexity index is 277. The number of ether oxygens (including phenoxy) is 1. The summed E-state index contributed by atoms with van der Waals surface area (Å²) in [5.74, 6) is -0.153. The van der Waals surface area contributed by atoms with Crippen molar-refractivity contribution in [1.82, 2.24) is 4.90 Å². The van der Waals surface area contributed by atoms with E-state index in [9.17, 15) is 9.59 Å². The molecule has 4 heteroatoms. The molecular formula is C12H21NO3. The van der Waals surface area contributed by atoms with E-state index in [0.717, 1.165) is 19.4 Å². The number of carbonyl (C=O) groups is 2. The summed E-state index contributed by atoms with van der Waals surface area (Å²) in [6.07, 6.45) is 2.01. The van der Waals surface area contributed by atoms with Crippen LogP contribution in [0.5, 0.6) is 0 Å². The normalized spacial score (nSPS) is 26.4. The largest absolute Gasteiger partial charge is 0.466 e. The van der Waals surface area contributed by atoms with Crippen LogP contribution in [-0.2, 0) is 14.3 Å². The van der Waals surface area contributed by atoms with E-state index in [-0.39, 0.29) is 11.8 Å². The Hall–Kier alpha value is -0.900. The quantitative estimate of drug-likeness (QED) is 0.678. The summed E-state index contributed by atoms with van der Waals surface area (Å²) in [6, 6.07) is 0. The molecule has 0 spiro atoms. The van der Waals surface area contributed by atoms with E-state index in [1.807, 2.05) is 7.05 Å². The molecule has 0 aromatic heterocycles. The fourth-order valence-corrected chi connectivity index (χ4v) is 2.51. The van der Waals surface area contributed by atoms with Gasteiger partial charge in [0.1, 0.15) is 5.78 Å². The predicted molar refractivity (Wildman–Crippen MR) is 61.1 cm³/mol. The van der Waals surface area contributed by atoms with E-state index in [2.05, 4.69) is 4.90 Å². The van der Waals surface area contributed by atoms with Crippen LogP contribution < -0.4 is 0 Å². The number of ketones is 1. The van der Waals surface area contributed by atoms with Crippen LogP contribution >= 0.6 is 0 Å². The minimum atomic E-state index is -0.602. The van der Waals surface area contributed by atoms with Gasteiger partial charge in [-0.3, -0.25) is 9.59 Å². The lowest BCUT2D eigenvalue weighted by atomic mass is 9.76.